The first-order valence-electron chi connectivity index (χ1n) is 13.4. The number of rotatable bonds is 6. The second-order valence-electron chi connectivity index (χ2n) is 10.5. The van der Waals surface area contributed by atoms with Crippen molar-refractivity contribution in [2.45, 2.75) is 82.3 Å². The van der Waals surface area contributed by atoms with Crippen LogP contribution in [0, 0.1) is 5.92 Å². The summed E-state index contributed by atoms with van der Waals surface area (Å²) < 4.78 is 87.4. The van der Waals surface area contributed by atoms with Gasteiger partial charge in [-0.3, -0.25) is 0 Å². The van der Waals surface area contributed by atoms with E-state index in [4.69, 9.17) is 4.74 Å². The summed E-state index contributed by atoms with van der Waals surface area (Å²) in [6, 6.07) is 7.30. The second-order valence-corrected chi connectivity index (χ2v) is 10.5. The maximum absolute atomic E-state index is 14.3. The van der Waals surface area contributed by atoms with Gasteiger partial charge in [0.2, 0.25) is 0 Å². The molecule has 0 radical (unpaired) electrons. The molecular formula is C27H31F6N5O. The third-order valence-corrected chi connectivity index (χ3v) is 7.92. The quantitative estimate of drug-likeness (QED) is 0.339. The molecule has 0 amide bonds. The molecule has 2 aromatic carbocycles. The molecule has 1 aliphatic heterocycles. The van der Waals surface area contributed by atoms with Crippen LogP contribution in [0.2, 0.25) is 0 Å². The second kappa shape index (κ2) is 10.9. The lowest BCUT2D eigenvalue weighted by atomic mass is 9.87. The summed E-state index contributed by atoms with van der Waals surface area (Å²) in [5.41, 5.74) is -0.156. The summed E-state index contributed by atoms with van der Waals surface area (Å²) in [4.78, 5) is 1.54. The molecule has 1 aromatic heterocycles. The van der Waals surface area contributed by atoms with Crippen LogP contribution in [0.4, 0.5) is 26.3 Å². The van der Waals surface area contributed by atoms with Crippen LogP contribution in [0.15, 0.2) is 30.3 Å². The van der Waals surface area contributed by atoms with E-state index < -0.39 is 29.9 Å². The van der Waals surface area contributed by atoms with Gasteiger partial charge in [0, 0.05) is 5.92 Å². The number of aromatic nitrogens is 4. The molecule has 3 aromatic rings. The topological polar surface area (TPSA) is 64.9 Å². The van der Waals surface area contributed by atoms with Crippen LogP contribution in [0.1, 0.15) is 80.8 Å². The van der Waals surface area contributed by atoms with Crippen molar-refractivity contribution >= 4 is 10.8 Å². The highest BCUT2D eigenvalue weighted by molar-refractivity contribution is 5.89. The Kier molecular flexibility index (Phi) is 7.76. The molecule has 5 rings (SSSR count). The molecular weight excluding hydrogens is 524 g/mol. The molecule has 1 unspecified atom stereocenters. The minimum Gasteiger partial charge on any atom is -0.490 e. The van der Waals surface area contributed by atoms with E-state index in [1.54, 1.807) is 18.2 Å². The van der Waals surface area contributed by atoms with Crippen molar-refractivity contribution in [3.63, 3.8) is 0 Å². The Morgan fingerprint density at radius 1 is 0.974 bits per heavy atom. The predicted molar refractivity (Wildman–Crippen MR) is 132 cm³/mol. The lowest BCUT2D eigenvalue weighted by molar-refractivity contribution is -0.185. The van der Waals surface area contributed by atoms with Crippen molar-refractivity contribution in [2.75, 3.05) is 13.1 Å². The maximum Gasteiger partial charge on any atom is 0.420 e. The largest absolute Gasteiger partial charge is 0.490 e. The van der Waals surface area contributed by atoms with Crippen molar-refractivity contribution in [1.29, 1.82) is 0 Å². The van der Waals surface area contributed by atoms with Crippen LogP contribution < -0.4 is 10.1 Å². The Balaban J connectivity index is 1.40. The summed E-state index contributed by atoms with van der Waals surface area (Å²) in [5.74, 6) is -0.877. The summed E-state index contributed by atoms with van der Waals surface area (Å²) in [6.45, 7) is 3.74. The van der Waals surface area contributed by atoms with Gasteiger partial charge in [0.1, 0.15) is 11.3 Å². The van der Waals surface area contributed by atoms with Gasteiger partial charge in [0.05, 0.1) is 18.1 Å². The van der Waals surface area contributed by atoms with Crippen molar-refractivity contribution in [3.05, 3.63) is 47.3 Å². The number of fused-ring (bicyclic) bond motifs is 1. The first kappa shape index (κ1) is 27.7. The van der Waals surface area contributed by atoms with Gasteiger partial charge >= 0.3 is 12.4 Å². The van der Waals surface area contributed by atoms with Gasteiger partial charge < -0.3 is 10.1 Å². The monoisotopic (exact) mass is 555 g/mol. The minimum absolute atomic E-state index is 0.0236. The van der Waals surface area contributed by atoms with Crippen LogP contribution in [0.25, 0.3) is 10.8 Å². The van der Waals surface area contributed by atoms with Gasteiger partial charge in [-0.25, -0.2) is 0 Å². The van der Waals surface area contributed by atoms with E-state index >= 15 is 0 Å². The number of tetrazole rings is 1. The minimum atomic E-state index is -4.71. The molecule has 39 heavy (non-hydrogen) atoms. The van der Waals surface area contributed by atoms with Gasteiger partial charge in [0.15, 0.2) is 5.82 Å². The van der Waals surface area contributed by atoms with Crippen molar-refractivity contribution in [3.8, 4) is 5.75 Å². The molecule has 1 N–H and O–H groups in total. The number of hydrogen-bond acceptors (Lipinski definition) is 5. The fourth-order valence-electron chi connectivity index (χ4n) is 5.76. The molecule has 1 saturated heterocycles. The number of benzene rings is 2. The van der Waals surface area contributed by atoms with Crippen molar-refractivity contribution in [1.82, 2.24) is 25.5 Å². The zero-order valence-corrected chi connectivity index (χ0v) is 21.5. The van der Waals surface area contributed by atoms with Gasteiger partial charge in [-0.2, -0.15) is 31.1 Å². The van der Waals surface area contributed by atoms with Crippen LogP contribution in [0.5, 0.6) is 5.75 Å². The van der Waals surface area contributed by atoms with Crippen LogP contribution in [-0.4, -0.2) is 45.6 Å². The van der Waals surface area contributed by atoms with Crippen molar-refractivity contribution < 1.29 is 31.1 Å². The molecule has 1 saturated carbocycles. The van der Waals surface area contributed by atoms with E-state index in [9.17, 15) is 26.3 Å². The van der Waals surface area contributed by atoms with E-state index in [1.807, 2.05) is 6.92 Å². The molecule has 6 nitrogen and oxygen atoms in total. The van der Waals surface area contributed by atoms with Gasteiger partial charge in [0.25, 0.3) is 0 Å². The molecule has 2 aliphatic rings. The SMILES string of the molecule is CCC(c1ccc2c(C(F)(F)F)c(OC3CCC(C(F)(F)F)CC3)ccc2c1)n1nnc(C2CCNCC2)n1. The van der Waals surface area contributed by atoms with Crippen LogP contribution >= 0.6 is 0 Å². The molecule has 2 fully saturated rings. The zero-order chi connectivity index (χ0) is 27.8. The molecule has 1 aliphatic carbocycles. The van der Waals surface area contributed by atoms with E-state index in [-0.39, 0.29) is 48.8 Å². The predicted octanol–water partition coefficient (Wildman–Crippen LogP) is 6.81. The third kappa shape index (κ3) is 6.00. The number of nitrogens with zero attached hydrogens (tertiary/aromatic N) is 4. The summed E-state index contributed by atoms with van der Waals surface area (Å²) in [6.07, 6.45) is -7.43. The number of piperidine rings is 1. The average molecular weight is 556 g/mol. The highest BCUT2D eigenvalue weighted by atomic mass is 19.4. The summed E-state index contributed by atoms with van der Waals surface area (Å²) in [7, 11) is 0. The average Bonchev–Trinajstić information content (AvgIpc) is 3.38. The summed E-state index contributed by atoms with van der Waals surface area (Å²) in [5, 5.41) is 16.8. The number of alkyl halides is 6. The fraction of sp³-hybridized carbons (Fsp3) is 0.593. The molecule has 12 heteroatoms. The zero-order valence-electron chi connectivity index (χ0n) is 21.5. The molecule has 212 valence electrons. The fourth-order valence-corrected chi connectivity index (χ4v) is 5.76. The van der Waals surface area contributed by atoms with Crippen LogP contribution in [0.3, 0.4) is 0 Å². The number of halogens is 6. The Morgan fingerprint density at radius 2 is 1.69 bits per heavy atom. The number of nitrogens with one attached hydrogen (secondary N) is 1. The lowest BCUT2D eigenvalue weighted by Crippen LogP contribution is -2.32. The van der Waals surface area contributed by atoms with Crippen molar-refractivity contribution in [2.24, 2.45) is 5.92 Å². The Labute approximate surface area is 222 Å². The van der Waals surface area contributed by atoms with Gasteiger partial charge in [-0.15, -0.1) is 10.2 Å². The highest BCUT2D eigenvalue weighted by Crippen LogP contribution is 2.44. The number of hydrogen-bond donors (Lipinski definition) is 1. The summed E-state index contributed by atoms with van der Waals surface area (Å²) >= 11 is 0. The van der Waals surface area contributed by atoms with E-state index in [2.05, 4.69) is 20.7 Å². The smallest absolute Gasteiger partial charge is 0.420 e. The van der Waals surface area contributed by atoms with Gasteiger partial charge in [-0.05, 0) is 91.7 Å². The van der Waals surface area contributed by atoms with Crippen LogP contribution in [-0.2, 0) is 6.18 Å². The number of ether oxygens (including phenoxy) is 1. The third-order valence-electron chi connectivity index (χ3n) is 7.92. The van der Waals surface area contributed by atoms with E-state index in [0.717, 1.165) is 31.5 Å². The maximum atomic E-state index is 14.3. The molecule has 0 bridgehead atoms. The molecule has 0 spiro atoms. The van der Waals surface area contributed by atoms with Gasteiger partial charge in [-0.1, -0.05) is 25.1 Å². The Morgan fingerprint density at radius 3 is 2.33 bits per heavy atom. The molecule has 1 atom stereocenters. The Hall–Kier alpha value is -2.89. The first-order chi connectivity index (χ1) is 18.5. The van der Waals surface area contributed by atoms with E-state index in [0.29, 0.717) is 17.6 Å². The molecule has 2 heterocycles. The lowest BCUT2D eigenvalue weighted by Gasteiger charge is -2.31. The highest BCUT2D eigenvalue weighted by Gasteiger charge is 2.43. The Bertz CT molecular complexity index is 1280. The van der Waals surface area contributed by atoms with E-state index in [1.165, 1.54) is 16.9 Å². The first-order valence-corrected chi connectivity index (χ1v) is 13.4. The standard InChI is InChI=1S/C27H31F6N5O/c1-2-22(38-36-25(35-37-38)16-11-13-34-14-12-16)18-3-9-21-17(15-18)4-10-23(24(21)27(31,32)33)39-20-7-5-19(6-8-20)26(28,29)30/h3-4,9-10,15-16,19-20,22,34H,2,5-8,11-14H2,1H3. The normalized spacial score (nSPS) is 22.2.